The predicted molar refractivity (Wildman–Crippen MR) is 103 cm³/mol. The number of hydrogen-bond acceptors (Lipinski definition) is 4. The minimum atomic E-state index is -3.63. The molecule has 0 aliphatic rings. The molecular weight excluding hydrogens is 408 g/mol. The molecule has 0 saturated heterocycles. The third kappa shape index (κ3) is 5.20. The first-order valence-corrected chi connectivity index (χ1v) is 10.0. The van der Waals surface area contributed by atoms with E-state index in [1.54, 1.807) is 36.4 Å². The number of hydrogen-bond donors (Lipinski definition) is 1. The molecule has 8 heteroatoms. The summed E-state index contributed by atoms with van der Waals surface area (Å²) in [6.07, 6.45) is 1.06. The Balaban J connectivity index is 2.25. The molecule has 0 bridgehead atoms. The van der Waals surface area contributed by atoms with Crippen molar-refractivity contribution in [3.63, 3.8) is 0 Å². The van der Waals surface area contributed by atoms with Crippen LogP contribution in [0.15, 0.2) is 46.9 Å². The van der Waals surface area contributed by atoms with Crippen LogP contribution in [0.2, 0.25) is 0 Å². The van der Waals surface area contributed by atoms with Crippen LogP contribution in [0.4, 0.5) is 11.4 Å². The molecule has 1 N–H and O–H groups in total. The zero-order valence-electron chi connectivity index (χ0n) is 14.1. The molecule has 0 radical (unpaired) electrons. The molecule has 0 saturated carbocycles. The number of rotatable bonds is 6. The fourth-order valence-electron chi connectivity index (χ4n) is 2.27. The van der Waals surface area contributed by atoms with E-state index in [4.69, 9.17) is 4.74 Å². The largest absolute Gasteiger partial charge is 0.495 e. The molecule has 0 aliphatic heterocycles. The monoisotopic (exact) mass is 426 g/mol. The molecular formula is C17H19BrN2O4S. The molecule has 2 rings (SSSR count). The number of benzene rings is 2. The van der Waals surface area contributed by atoms with Gasteiger partial charge in [-0.15, -0.1) is 0 Å². The van der Waals surface area contributed by atoms with Crippen molar-refractivity contribution in [1.29, 1.82) is 0 Å². The van der Waals surface area contributed by atoms with Crippen molar-refractivity contribution in [3.05, 3.63) is 52.5 Å². The molecule has 6 nitrogen and oxygen atoms in total. The summed E-state index contributed by atoms with van der Waals surface area (Å²) in [5.74, 6) is 0.0432. The second-order valence-electron chi connectivity index (χ2n) is 5.50. The third-order valence-electron chi connectivity index (χ3n) is 3.41. The zero-order chi connectivity index (χ0) is 18.6. The Morgan fingerprint density at radius 1 is 1.24 bits per heavy atom. The molecule has 0 aromatic heterocycles. The molecule has 1 amide bonds. The van der Waals surface area contributed by atoms with Crippen molar-refractivity contribution in [2.75, 3.05) is 29.5 Å². The number of ether oxygens (including phenoxy) is 1. The minimum Gasteiger partial charge on any atom is -0.495 e. The molecule has 25 heavy (non-hydrogen) atoms. The van der Waals surface area contributed by atoms with Gasteiger partial charge in [0.2, 0.25) is 15.9 Å². The third-order valence-corrected chi connectivity index (χ3v) is 5.05. The quantitative estimate of drug-likeness (QED) is 0.769. The lowest BCUT2D eigenvalue weighted by Crippen LogP contribution is -2.37. The number of anilines is 2. The highest BCUT2D eigenvalue weighted by atomic mass is 79.9. The zero-order valence-corrected chi connectivity index (χ0v) is 16.5. The Morgan fingerprint density at radius 2 is 1.96 bits per heavy atom. The van der Waals surface area contributed by atoms with Gasteiger partial charge in [-0.1, -0.05) is 28.1 Å². The maximum Gasteiger partial charge on any atom is 0.245 e. The second-order valence-corrected chi connectivity index (χ2v) is 8.32. The summed E-state index contributed by atoms with van der Waals surface area (Å²) in [5.41, 5.74) is 1.85. The van der Waals surface area contributed by atoms with Crippen LogP contribution in [0.1, 0.15) is 5.56 Å². The van der Waals surface area contributed by atoms with Gasteiger partial charge in [-0.3, -0.25) is 9.10 Å². The van der Waals surface area contributed by atoms with Gasteiger partial charge >= 0.3 is 0 Å². The fourth-order valence-corrected chi connectivity index (χ4v) is 3.51. The standard InChI is InChI=1S/C17H19BrN2O4S/c1-12-7-8-16(24-2)15(9-12)19-17(21)11-20(25(3,22)23)14-6-4-5-13(18)10-14/h4-10H,11H2,1-3H3,(H,19,21). The summed E-state index contributed by atoms with van der Waals surface area (Å²) in [7, 11) is -2.12. The molecule has 0 heterocycles. The van der Waals surface area contributed by atoms with E-state index in [1.165, 1.54) is 7.11 Å². The van der Waals surface area contributed by atoms with Gasteiger partial charge in [-0.25, -0.2) is 8.42 Å². The number of aryl methyl sites for hydroxylation is 1. The Kier molecular flexibility index (Phi) is 6.07. The van der Waals surface area contributed by atoms with Crippen LogP contribution in [0.3, 0.4) is 0 Å². The average Bonchev–Trinajstić information content (AvgIpc) is 2.52. The first-order valence-electron chi connectivity index (χ1n) is 7.38. The number of amides is 1. The van der Waals surface area contributed by atoms with Crippen molar-refractivity contribution in [2.45, 2.75) is 6.92 Å². The molecule has 2 aromatic carbocycles. The van der Waals surface area contributed by atoms with Gasteiger partial charge in [0, 0.05) is 4.47 Å². The number of nitrogens with zero attached hydrogens (tertiary/aromatic N) is 1. The first kappa shape index (κ1) is 19.3. The van der Waals surface area contributed by atoms with Crippen LogP contribution in [0.5, 0.6) is 5.75 Å². The average molecular weight is 427 g/mol. The number of methoxy groups -OCH3 is 1. The van der Waals surface area contributed by atoms with E-state index in [1.807, 2.05) is 13.0 Å². The summed E-state index contributed by atoms with van der Waals surface area (Å²) in [6, 6.07) is 12.1. The van der Waals surface area contributed by atoms with Gasteiger partial charge in [0.05, 0.1) is 24.7 Å². The van der Waals surface area contributed by atoms with Gasteiger partial charge in [-0.05, 0) is 42.8 Å². The van der Waals surface area contributed by atoms with Crippen LogP contribution in [0.25, 0.3) is 0 Å². The van der Waals surface area contributed by atoms with Gasteiger partial charge in [0.15, 0.2) is 0 Å². The number of nitrogens with one attached hydrogen (secondary N) is 1. The summed E-state index contributed by atoms with van der Waals surface area (Å²) in [4.78, 5) is 12.4. The van der Waals surface area contributed by atoms with Crippen LogP contribution < -0.4 is 14.4 Å². The number of carbonyl (C=O) groups is 1. The fraction of sp³-hybridized carbons (Fsp3) is 0.235. The maximum absolute atomic E-state index is 12.4. The van der Waals surface area contributed by atoms with Gasteiger partial charge in [-0.2, -0.15) is 0 Å². The Labute approximate surface area is 156 Å². The molecule has 0 unspecified atom stereocenters. The van der Waals surface area contributed by atoms with E-state index in [-0.39, 0.29) is 6.54 Å². The van der Waals surface area contributed by atoms with Gasteiger partial charge < -0.3 is 10.1 Å². The van der Waals surface area contributed by atoms with Crippen molar-refractivity contribution >= 4 is 43.2 Å². The summed E-state index contributed by atoms with van der Waals surface area (Å²) in [5, 5.41) is 2.71. The number of carbonyl (C=O) groups excluding carboxylic acids is 1. The lowest BCUT2D eigenvalue weighted by molar-refractivity contribution is -0.114. The molecule has 0 atom stereocenters. The topological polar surface area (TPSA) is 75.7 Å². The molecule has 134 valence electrons. The van der Waals surface area contributed by atoms with E-state index in [0.717, 1.165) is 20.6 Å². The smallest absolute Gasteiger partial charge is 0.245 e. The molecule has 0 fully saturated rings. The minimum absolute atomic E-state index is 0.341. The molecule has 2 aromatic rings. The molecule has 0 aliphatic carbocycles. The Morgan fingerprint density at radius 3 is 2.56 bits per heavy atom. The maximum atomic E-state index is 12.4. The van der Waals surface area contributed by atoms with Crippen LogP contribution in [0, 0.1) is 6.92 Å². The van der Waals surface area contributed by atoms with Crippen molar-refractivity contribution in [1.82, 2.24) is 0 Å². The van der Waals surface area contributed by atoms with Gasteiger partial charge in [0.1, 0.15) is 12.3 Å². The van der Waals surface area contributed by atoms with E-state index >= 15 is 0 Å². The van der Waals surface area contributed by atoms with Crippen LogP contribution in [-0.2, 0) is 14.8 Å². The lowest BCUT2D eigenvalue weighted by atomic mass is 10.2. The Hall–Kier alpha value is -2.06. The summed E-state index contributed by atoms with van der Waals surface area (Å²) < 4.78 is 31.2. The highest BCUT2D eigenvalue weighted by molar-refractivity contribution is 9.10. The highest BCUT2D eigenvalue weighted by Crippen LogP contribution is 2.26. The predicted octanol–water partition coefficient (Wildman–Crippen LogP) is 3.17. The van der Waals surface area contributed by atoms with E-state index < -0.39 is 15.9 Å². The van der Waals surface area contributed by atoms with E-state index in [0.29, 0.717) is 17.1 Å². The number of sulfonamides is 1. The summed E-state index contributed by atoms with van der Waals surface area (Å²) in [6.45, 7) is 1.55. The van der Waals surface area contributed by atoms with E-state index in [2.05, 4.69) is 21.2 Å². The normalized spacial score (nSPS) is 11.0. The number of halogens is 1. The lowest BCUT2D eigenvalue weighted by Gasteiger charge is -2.22. The first-order chi connectivity index (χ1) is 11.7. The van der Waals surface area contributed by atoms with Crippen LogP contribution >= 0.6 is 15.9 Å². The Bertz CT molecular complexity index is 884. The SMILES string of the molecule is COc1ccc(C)cc1NC(=O)CN(c1cccc(Br)c1)S(C)(=O)=O. The van der Waals surface area contributed by atoms with Gasteiger partial charge in [0.25, 0.3) is 0 Å². The van der Waals surface area contributed by atoms with Crippen LogP contribution in [-0.4, -0.2) is 34.2 Å². The van der Waals surface area contributed by atoms with Crippen molar-refractivity contribution in [3.8, 4) is 5.75 Å². The van der Waals surface area contributed by atoms with E-state index in [9.17, 15) is 13.2 Å². The highest BCUT2D eigenvalue weighted by Gasteiger charge is 2.21. The second kappa shape index (κ2) is 7.88. The summed E-state index contributed by atoms with van der Waals surface area (Å²) >= 11 is 3.31. The molecule has 0 spiro atoms. The van der Waals surface area contributed by atoms with Crippen molar-refractivity contribution in [2.24, 2.45) is 0 Å². The van der Waals surface area contributed by atoms with Crippen molar-refractivity contribution < 1.29 is 17.9 Å².